The molecule has 6 rings (SSSR count). The second-order valence-corrected chi connectivity index (χ2v) is 11.5. The molecule has 0 aliphatic carbocycles. The van der Waals surface area contributed by atoms with Crippen LogP contribution >= 0.6 is 11.3 Å². The number of hydrogen-bond acceptors (Lipinski definition) is 9. The van der Waals surface area contributed by atoms with Crippen LogP contribution in [0.15, 0.2) is 118 Å². The predicted molar refractivity (Wildman–Crippen MR) is 178 cm³/mol. The zero-order chi connectivity index (χ0) is 32.9. The van der Waals surface area contributed by atoms with Gasteiger partial charge in [-0.05, 0) is 66.1 Å². The van der Waals surface area contributed by atoms with Crippen LogP contribution in [0.3, 0.4) is 0 Å². The number of nitro benzene ring substituents is 1. The summed E-state index contributed by atoms with van der Waals surface area (Å²) in [4.78, 5) is 43.6. The van der Waals surface area contributed by atoms with Crippen LogP contribution in [0.5, 0.6) is 11.5 Å². The van der Waals surface area contributed by atoms with Crippen LogP contribution in [0, 0.1) is 10.1 Å². The first-order chi connectivity index (χ1) is 22.9. The molecule has 0 spiro atoms. The molecule has 0 saturated carbocycles. The lowest BCUT2D eigenvalue weighted by atomic mass is 9.93. The van der Waals surface area contributed by atoms with Gasteiger partial charge in [-0.1, -0.05) is 65.9 Å². The molecule has 1 aliphatic heterocycles. The van der Waals surface area contributed by atoms with E-state index in [1.54, 1.807) is 55.0 Å². The van der Waals surface area contributed by atoms with Crippen molar-refractivity contribution in [3.8, 4) is 11.5 Å². The topological polar surface area (TPSA) is 122 Å². The van der Waals surface area contributed by atoms with E-state index in [2.05, 4.69) is 0 Å². The molecule has 236 valence electrons. The first kappa shape index (κ1) is 31.2. The third-order valence-corrected chi connectivity index (χ3v) is 8.50. The first-order valence-electron chi connectivity index (χ1n) is 14.7. The van der Waals surface area contributed by atoms with Crippen LogP contribution in [-0.2, 0) is 16.1 Å². The molecule has 0 unspecified atom stereocenters. The Morgan fingerprint density at radius 1 is 0.979 bits per heavy atom. The van der Waals surface area contributed by atoms with Crippen molar-refractivity contribution < 1.29 is 23.9 Å². The fourth-order valence-electron chi connectivity index (χ4n) is 5.27. The number of fused-ring (bicyclic) bond motifs is 1. The van der Waals surface area contributed by atoms with Gasteiger partial charge < -0.3 is 14.2 Å². The van der Waals surface area contributed by atoms with Gasteiger partial charge in [-0.25, -0.2) is 9.79 Å². The molecule has 2 heterocycles. The fourth-order valence-corrected chi connectivity index (χ4v) is 6.27. The summed E-state index contributed by atoms with van der Waals surface area (Å²) >= 11 is 1.23. The Morgan fingerprint density at radius 3 is 2.40 bits per heavy atom. The smallest absolute Gasteiger partial charge is 0.338 e. The number of nitrogens with zero attached hydrogens (tertiary/aromatic N) is 3. The Labute approximate surface area is 273 Å². The molecule has 47 heavy (non-hydrogen) atoms. The SMILES string of the molecule is CCOC(=O)C1=C(c2ccccc2)N=c2s/c(=C\c3cccc(OCc4ccc([N+](=O)[O-])cc4)c3)c(=O)n2[C@H]1c1ccc(OC)cc1. The number of ether oxygens (including phenoxy) is 3. The molecule has 0 N–H and O–H groups in total. The van der Waals surface area contributed by atoms with Gasteiger partial charge in [0.2, 0.25) is 0 Å². The highest BCUT2D eigenvalue weighted by molar-refractivity contribution is 7.07. The largest absolute Gasteiger partial charge is 0.497 e. The van der Waals surface area contributed by atoms with Crippen molar-refractivity contribution in [3.63, 3.8) is 0 Å². The van der Waals surface area contributed by atoms with Crippen molar-refractivity contribution in [1.29, 1.82) is 0 Å². The zero-order valence-electron chi connectivity index (χ0n) is 25.5. The number of esters is 1. The van der Waals surface area contributed by atoms with E-state index in [1.165, 1.54) is 23.5 Å². The van der Waals surface area contributed by atoms with Crippen LogP contribution in [0.4, 0.5) is 5.69 Å². The lowest BCUT2D eigenvalue weighted by Crippen LogP contribution is -2.40. The van der Waals surface area contributed by atoms with Crippen molar-refractivity contribution in [2.24, 2.45) is 4.99 Å². The summed E-state index contributed by atoms with van der Waals surface area (Å²) in [7, 11) is 1.57. The number of thiazole rings is 1. The number of carbonyl (C=O) groups is 1. The van der Waals surface area contributed by atoms with Crippen LogP contribution in [0.1, 0.15) is 35.2 Å². The maximum Gasteiger partial charge on any atom is 0.338 e. The summed E-state index contributed by atoms with van der Waals surface area (Å²) in [6, 6.07) is 29.3. The molecule has 5 aromatic rings. The minimum absolute atomic E-state index is 0.0108. The summed E-state index contributed by atoms with van der Waals surface area (Å²) < 4.78 is 18.8. The molecule has 0 amide bonds. The maximum atomic E-state index is 14.2. The second-order valence-electron chi connectivity index (χ2n) is 10.5. The van der Waals surface area contributed by atoms with Crippen LogP contribution < -0.4 is 24.4 Å². The average Bonchev–Trinajstić information content (AvgIpc) is 3.41. The minimum Gasteiger partial charge on any atom is -0.497 e. The monoisotopic (exact) mass is 647 g/mol. The van der Waals surface area contributed by atoms with Gasteiger partial charge in [0.15, 0.2) is 4.80 Å². The summed E-state index contributed by atoms with van der Waals surface area (Å²) in [5.41, 5.74) is 3.35. The van der Waals surface area contributed by atoms with Crippen LogP contribution in [0.2, 0.25) is 0 Å². The molecule has 0 radical (unpaired) electrons. The van der Waals surface area contributed by atoms with Gasteiger partial charge in [-0.3, -0.25) is 19.5 Å². The molecule has 0 saturated heterocycles. The number of non-ortho nitro benzene ring substituents is 1. The second kappa shape index (κ2) is 13.7. The third kappa shape index (κ3) is 6.61. The zero-order valence-corrected chi connectivity index (χ0v) is 26.3. The van der Waals surface area contributed by atoms with Gasteiger partial charge in [-0.2, -0.15) is 0 Å². The van der Waals surface area contributed by atoms with Gasteiger partial charge in [0, 0.05) is 17.7 Å². The molecular formula is C36H29N3O7S. The van der Waals surface area contributed by atoms with E-state index in [9.17, 15) is 19.7 Å². The number of methoxy groups -OCH3 is 1. The number of hydrogen-bond donors (Lipinski definition) is 0. The van der Waals surface area contributed by atoms with Crippen molar-refractivity contribution >= 4 is 34.8 Å². The third-order valence-electron chi connectivity index (χ3n) is 7.51. The maximum absolute atomic E-state index is 14.2. The van der Waals surface area contributed by atoms with Crippen molar-refractivity contribution in [1.82, 2.24) is 4.57 Å². The van der Waals surface area contributed by atoms with Crippen molar-refractivity contribution in [3.05, 3.63) is 161 Å². The molecule has 4 aromatic carbocycles. The first-order valence-corrected chi connectivity index (χ1v) is 15.6. The van der Waals surface area contributed by atoms with Crippen LogP contribution in [0.25, 0.3) is 11.8 Å². The molecular weight excluding hydrogens is 618 g/mol. The van der Waals surface area contributed by atoms with E-state index in [0.717, 1.165) is 16.7 Å². The Morgan fingerprint density at radius 2 is 1.72 bits per heavy atom. The highest BCUT2D eigenvalue weighted by Gasteiger charge is 2.35. The quantitative estimate of drug-likeness (QED) is 0.113. The Bertz CT molecular complexity index is 2150. The van der Waals surface area contributed by atoms with E-state index in [1.807, 2.05) is 60.7 Å². The summed E-state index contributed by atoms with van der Waals surface area (Å²) in [6.07, 6.45) is 1.77. The fraction of sp³-hybridized carbons (Fsp3) is 0.139. The van der Waals surface area contributed by atoms with E-state index in [4.69, 9.17) is 19.2 Å². The van der Waals surface area contributed by atoms with Gasteiger partial charge in [-0.15, -0.1) is 0 Å². The van der Waals surface area contributed by atoms with Gasteiger partial charge in [0.1, 0.15) is 18.1 Å². The van der Waals surface area contributed by atoms with E-state index < -0.39 is 16.9 Å². The minimum atomic E-state index is -0.801. The summed E-state index contributed by atoms with van der Waals surface area (Å²) in [5, 5.41) is 10.9. The van der Waals surface area contributed by atoms with Crippen molar-refractivity contribution in [2.45, 2.75) is 19.6 Å². The molecule has 1 atom stereocenters. The number of nitro groups is 1. The molecule has 10 nitrogen and oxygen atoms in total. The normalized spacial score (nSPS) is 14.3. The molecule has 0 fully saturated rings. The lowest BCUT2D eigenvalue weighted by Gasteiger charge is -2.26. The van der Waals surface area contributed by atoms with Gasteiger partial charge in [0.25, 0.3) is 11.2 Å². The number of aromatic nitrogens is 1. The van der Waals surface area contributed by atoms with Gasteiger partial charge >= 0.3 is 5.97 Å². The molecule has 0 bridgehead atoms. The average molecular weight is 648 g/mol. The van der Waals surface area contributed by atoms with E-state index in [0.29, 0.717) is 32.1 Å². The summed E-state index contributed by atoms with van der Waals surface area (Å²) in [5.74, 6) is 0.654. The number of carbonyl (C=O) groups excluding carboxylic acids is 1. The van der Waals surface area contributed by atoms with E-state index in [-0.39, 0.29) is 30.0 Å². The molecule has 1 aliphatic rings. The lowest BCUT2D eigenvalue weighted by molar-refractivity contribution is -0.384. The Hall–Kier alpha value is -5.81. The van der Waals surface area contributed by atoms with E-state index >= 15 is 0 Å². The van der Waals surface area contributed by atoms with Crippen molar-refractivity contribution in [2.75, 3.05) is 13.7 Å². The highest BCUT2D eigenvalue weighted by atomic mass is 32.1. The Kier molecular flexibility index (Phi) is 9.07. The standard InChI is InChI=1S/C36H29N3O7S/c1-3-45-35(41)31-32(25-9-5-4-6-10-25)37-36-38(33(31)26-14-18-28(44-2)19-15-26)34(40)30(47-36)21-24-8-7-11-29(20-24)46-22-23-12-16-27(17-13-23)39(42)43/h4-21,33H,3,22H2,1-2H3/b30-21-/t33-/m0/s1. The number of benzene rings is 4. The molecule has 11 heteroatoms. The predicted octanol–water partition coefficient (Wildman–Crippen LogP) is 5.43. The molecule has 1 aromatic heterocycles. The van der Waals surface area contributed by atoms with Gasteiger partial charge in [0.05, 0.1) is 40.5 Å². The summed E-state index contributed by atoms with van der Waals surface area (Å²) in [6.45, 7) is 2.11. The van der Waals surface area contributed by atoms with Crippen LogP contribution in [-0.4, -0.2) is 29.2 Å². The highest BCUT2D eigenvalue weighted by Crippen LogP contribution is 2.35. The Balaban J connectivity index is 1.43. The number of rotatable bonds is 10.